The van der Waals surface area contributed by atoms with Gasteiger partial charge in [-0.2, -0.15) is 4.98 Å². The highest BCUT2D eigenvalue weighted by Crippen LogP contribution is 2.30. The molecule has 0 saturated heterocycles. The molecule has 2 heterocycles. The van der Waals surface area contributed by atoms with E-state index >= 15 is 0 Å². The van der Waals surface area contributed by atoms with Crippen LogP contribution in [0.1, 0.15) is 44.4 Å². The highest BCUT2D eigenvalue weighted by molar-refractivity contribution is 6.32. The maximum Gasteiger partial charge on any atom is 0.407 e. The fourth-order valence-corrected chi connectivity index (χ4v) is 4.36. The topological polar surface area (TPSA) is 102 Å². The summed E-state index contributed by atoms with van der Waals surface area (Å²) in [6, 6.07) is 21.6. The van der Waals surface area contributed by atoms with Crippen molar-refractivity contribution in [1.82, 2.24) is 20.3 Å². The summed E-state index contributed by atoms with van der Waals surface area (Å²) < 4.78 is 11.1. The lowest BCUT2D eigenvalue weighted by Gasteiger charge is -2.20. The van der Waals surface area contributed by atoms with Crippen LogP contribution in [0.5, 0.6) is 5.88 Å². The fourth-order valence-electron chi connectivity index (χ4n) is 4.15. The Hall–Kier alpha value is -4.37. The molecule has 0 bridgehead atoms. The molecule has 1 amide bonds. The largest absolute Gasteiger partial charge is 0.472 e. The molecule has 10 heteroatoms. The third kappa shape index (κ3) is 9.34. The van der Waals surface area contributed by atoms with Gasteiger partial charge in [-0.15, -0.1) is 0 Å². The van der Waals surface area contributed by atoms with Crippen LogP contribution in [-0.2, 0) is 24.3 Å². The first-order valence-electron chi connectivity index (χ1n) is 13.8. The minimum atomic E-state index is -0.534. The fraction of sp³-hybridized carbons (Fsp3) is 0.312. The molecule has 1 atom stereocenters. The summed E-state index contributed by atoms with van der Waals surface area (Å²) in [5, 5.41) is 6.61. The number of hydrogen-bond acceptors (Lipinski definition) is 8. The van der Waals surface area contributed by atoms with Crippen molar-refractivity contribution in [2.45, 2.75) is 58.9 Å². The zero-order valence-corrected chi connectivity index (χ0v) is 25.4. The van der Waals surface area contributed by atoms with Gasteiger partial charge in [0.2, 0.25) is 11.8 Å². The van der Waals surface area contributed by atoms with Crippen molar-refractivity contribution >= 4 is 35.1 Å². The zero-order valence-electron chi connectivity index (χ0n) is 24.6. The van der Waals surface area contributed by atoms with Gasteiger partial charge in [-0.3, -0.25) is 0 Å². The summed E-state index contributed by atoms with van der Waals surface area (Å²) in [5.41, 5.74) is 3.39. The standard InChI is InChI=1S/C32H37ClN6O3/c1-22(16-24-12-9-13-25(17-24)19-36-31(40)42-32(2,3)4)37-30-34-15-14-28(38-30)39(5)26-18-27(33)29(35-20-26)41-21-23-10-7-6-8-11-23/h6-15,17-18,20,22H,16,19,21H2,1-5H3,(H,36,40)(H,34,37,38). The Morgan fingerprint density at radius 3 is 2.48 bits per heavy atom. The Morgan fingerprint density at radius 2 is 1.74 bits per heavy atom. The van der Waals surface area contributed by atoms with Crippen LogP contribution in [0.25, 0.3) is 0 Å². The predicted octanol–water partition coefficient (Wildman–Crippen LogP) is 6.94. The Kier molecular flexibility index (Phi) is 10.2. The third-order valence-corrected chi connectivity index (χ3v) is 6.40. The summed E-state index contributed by atoms with van der Waals surface area (Å²) in [5.74, 6) is 1.57. The molecule has 9 nitrogen and oxygen atoms in total. The summed E-state index contributed by atoms with van der Waals surface area (Å²) in [7, 11) is 1.89. The van der Waals surface area contributed by atoms with E-state index in [-0.39, 0.29) is 6.04 Å². The van der Waals surface area contributed by atoms with Gasteiger partial charge in [-0.05, 0) is 62.9 Å². The molecule has 0 saturated carbocycles. The van der Waals surface area contributed by atoms with Gasteiger partial charge in [-0.1, -0.05) is 66.2 Å². The van der Waals surface area contributed by atoms with E-state index in [9.17, 15) is 4.79 Å². The molecule has 0 fully saturated rings. The first-order chi connectivity index (χ1) is 20.1. The van der Waals surface area contributed by atoms with Gasteiger partial charge in [0.1, 0.15) is 23.0 Å². The smallest absolute Gasteiger partial charge is 0.407 e. The Balaban J connectivity index is 1.33. The second-order valence-corrected chi connectivity index (χ2v) is 11.4. The molecule has 0 aliphatic rings. The highest BCUT2D eigenvalue weighted by atomic mass is 35.5. The molecule has 4 rings (SSSR count). The SMILES string of the molecule is CC(Cc1cccc(CNC(=O)OC(C)(C)C)c1)Nc1nccc(N(C)c2cnc(OCc3ccccc3)c(Cl)c2)n1. The van der Waals surface area contributed by atoms with Gasteiger partial charge < -0.3 is 25.0 Å². The lowest BCUT2D eigenvalue weighted by molar-refractivity contribution is 0.0523. The second-order valence-electron chi connectivity index (χ2n) is 11.0. The third-order valence-electron chi connectivity index (χ3n) is 6.13. The van der Waals surface area contributed by atoms with E-state index in [1.165, 1.54) is 0 Å². The molecular weight excluding hydrogens is 552 g/mol. The number of pyridine rings is 1. The Labute approximate surface area is 252 Å². The zero-order chi connectivity index (χ0) is 30.1. The minimum absolute atomic E-state index is 0.0526. The van der Waals surface area contributed by atoms with Crippen molar-refractivity contribution in [3.63, 3.8) is 0 Å². The number of carbonyl (C=O) groups excluding carboxylic acids is 1. The maximum atomic E-state index is 12.0. The van der Waals surface area contributed by atoms with Crippen LogP contribution in [0.2, 0.25) is 5.02 Å². The van der Waals surface area contributed by atoms with Crippen LogP contribution < -0.4 is 20.3 Å². The van der Waals surface area contributed by atoms with E-state index < -0.39 is 11.7 Å². The monoisotopic (exact) mass is 588 g/mol. The number of nitrogens with one attached hydrogen (secondary N) is 2. The summed E-state index contributed by atoms with van der Waals surface area (Å²) >= 11 is 6.49. The van der Waals surface area contributed by atoms with Crippen molar-refractivity contribution < 1.29 is 14.3 Å². The van der Waals surface area contributed by atoms with Crippen LogP contribution in [0, 0.1) is 0 Å². The van der Waals surface area contributed by atoms with Crippen molar-refractivity contribution in [2.24, 2.45) is 0 Å². The molecule has 2 aromatic carbocycles. The van der Waals surface area contributed by atoms with E-state index in [1.54, 1.807) is 18.5 Å². The number of ether oxygens (including phenoxy) is 2. The number of nitrogens with zero attached hydrogens (tertiary/aromatic N) is 4. The molecule has 42 heavy (non-hydrogen) atoms. The van der Waals surface area contributed by atoms with E-state index in [0.29, 0.717) is 35.8 Å². The van der Waals surface area contributed by atoms with Gasteiger partial charge >= 0.3 is 6.09 Å². The van der Waals surface area contributed by atoms with Crippen molar-refractivity contribution in [1.29, 1.82) is 0 Å². The Bertz CT molecular complexity index is 1480. The highest BCUT2D eigenvalue weighted by Gasteiger charge is 2.16. The molecule has 4 aromatic rings. The second kappa shape index (κ2) is 14.0. The number of carbonyl (C=O) groups is 1. The summed E-state index contributed by atoms with van der Waals surface area (Å²) in [4.78, 5) is 27.4. The number of hydrogen-bond donors (Lipinski definition) is 2. The maximum absolute atomic E-state index is 12.0. The first kappa shape index (κ1) is 30.6. The van der Waals surface area contributed by atoms with Gasteiger partial charge in [0.25, 0.3) is 0 Å². The quantitative estimate of drug-likeness (QED) is 0.194. The van der Waals surface area contributed by atoms with Crippen molar-refractivity contribution in [3.8, 4) is 5.88 Å². The number of alkyl carbamates (subject to hydrolysis) is 1. The molecule has 0 aliphatic heterocycles. The predicted molar refractivity (Wildman–Crippen MR) is 166 cm³/mol. The van der Waals surface area contributed by atoms with Crippen LogP contribution in [0.3, 0.4) is 0 Å². The lowest BCUT2D eigenvalue weighted by atomic mass is 10.0. The van der Waals surface area contributed by atoms with E-state index in [4.69, 9.17) is 26.1 Å². The molecule has 1 unspecified atom stereocenters. The minimum Gasteiger partial charge on any atom is -0.472 e. The van der Waals surface area contributed by atoms with E-state index in [0.717, 1.165) is 28.8 Å². The summed E-state index contributed by atoms with van der Waals surface area (Å²) in [6.45, 7) is 8.37. The first-order valence-corrected chi connectivity index (χ1v) is 14.1. The number of amides is 1. The normalized spacial score (nSPS) is 11.9. The van der Waals surface area contributed by atoms with Crippen LogP contribution in [0.4, 0.5) is 22.2 Å². The molecule has 0 spiro atoms. The van der Waals surface area contributed by atoms with E-state index in [1.807, 2.05) is 81.2 Å². The van der Waals surface area contributed by atoms with Gasteiger partial charge in [0.15, 0.2) is 0 Å². The number of rotatable bonds is 11. The van der Waals surface area contributed by atoms with Crippen LogP contribution >= 0.6 is 11.6 Å². The number of halogens is 1. The molecular formula is C32H37ClN6O3. The van der Waals surface area contributed by atoms with Gasteiger partial charge in [0, 0.05) is 25.8 Å². The average molecular weight is 589 g/mol. The lowest BCUT2D eigenvalue weighted by Crippen LogP contribution is -2.32. The average Bonchev–Trinajstić information content (AvgIpc) is 2.95. The summed E-state index contributed by atoms with van der Waals surface area (Å²) in [6.07, 6.45) is 3.72. The number of aromatic nitrogens is 3. The van der Waals surface area contributed by atoms with Crippen LogP contribution in [0.15, 0.2) is 79.1 Å². The molecule has 220 valence electrons. The molecule has 2 aromatic heterocycles. The Morgan fingerprint density at radius 1 is 1.00 bits per heavy atom. The van der Waals surface area contributed by atoms with Crippen molar-refractivity contribution in [3.05, 3.63) is 101 Å². The number of anilines is 3. The number of benzene rings is 2. The van der Waals surface area contributed by atoms with Crippen LogP contribution in [-0.4, -0.2) is 39.7 Å². The molecule has 0 aliphatic carbocycles. The van der Waals surface area contributed by atoms with Gasteiger partial charge in [0.05, 0.1) is 11.9 Å². The van der Waals surface area contributed by atoms with Crippen molar-refractivity contribution in [2.75, 3.05) is 17.3 Å². The molecule has 2 N–H and O–H groups in total. The van der Waals surface area contributed by atoms with E-state index in [2.05, 4.69) is 39.7 Å². The van der Waals surface area contributed by atoms with Gasteiger partial charge in [-0.25, -0.2) is 14.8 Å². The molecule has 0 radical (unpaired) electrons.